The van der Waals surface area contributed by atoms with Crippen molar-refractivity contribution in [2.24, 2.45) is 7.05 Å². The first-order valence-corrected chi connectivity index (χ1v) is 7.26. The second kappa shape index (κ2) is 7.61. The molecule has 0 aliphatic rings. The molecule has 0 fully saturated rings. The fourth-order valence-corrected chi connectivity index (χ4v) is 2.16. The van der Waals surface area contributed by atoms with E-state index in [9.17, 15) is 9.90 Å². The molecule has 2 rings (SSSR count). The standard InChI is InChI=1S/C16H21N3O3/c1-3-22-15-6-5-14(8-13(15)11-20)18-16(21)7-4-12-9-17-19(2)10-12/h5-6,8-10,20H,3-4,7,11H2,1-2H3,(H,18,21). The number of ether oxygens (including phenoxy) is 1. The van der Waals surface area contributed by atoms with Gasteiger partial charge in [-0.2, -0.15) is 5.10 Å². The summed E-state index contributed by atoms with van der Waals surface area (Å²) in [6, 6.07) is 5.25. The van der Waals surface area contributed by atoms with Gasteiger partial charge in [0.1, 0.15) is 5.75 Å². The van der Waals surface area contributed by atoms with Gasteiger partial charge in [0.05, 0.1) is 19.4 Å². The number of carbonyl (C=O) groups is 1. The zero-order valence-electron chi connectivity index (χ0n) is 12.9. The van der Waals surface area contributed by atoms with Crippen LogP contribution in [0.4, 0.5) is 5.69 Å². The van der Waals surface area contributed by atoms with Crippen molar-refractivity contribution < 1.29 is 14.6 Å². The minimum Gasteiger partial charge on any atom is -0.494 e. The number of aliphatic hydroxyl groups excluding tert-OH is 1. The van der Waals surface area contributed by atoms with Crippen molar-refractivity contribution in [3.8, 4) is 5.75 Å². The van der Waals surface area contributed by atoms with Gasteiger partial charge in [-0.15, -0.1) is 0 Å². The molecule has 0 saturated heterocycles. The second-order valence-electron chi connectivity index (χ2n) is 4.98. The lowest BCUT2D eigenvalue weighted by Crippen LogP contribution is -2.12. The molecule has 6 heteroatoms. The van der Waals surface area contributed by atoms with Gasteiger partial charge in [0.2, 0.25) is 5.91 Å². The number of hydrogen-bond acceptors (Lipinski definition) is 4. The molecule has 2 aromatic rings. The Labute approximate surface area is 129 Å². The van der Waals surface area contributed by atoms with Crippen LogP contribution in [-0.2, 0) is 24.9 Å². The summed E-state index contributed by atoms with van der Waals surface area (Å²) in [5, 5.41) is 16.3. The molecule has 6 nitrogen and oxygen atoms in total. The smallest absolute Gasteiger partial charge is 0.224 e. The van der Waals surface area contributed by atoms with Crippen LogP contribution >= 0.6 is 0 Å². The zero-order chi connectivity index (χ0) is 15.9. The normalized spacial score (nSPS) is 10.5. The lowest BCUT2D eigenvalue weighted by Gasteiger charge is -2.11. The lowest BCUT2D eigenvalue weighted by atomic mass is 10.1. The molecule has 0 aliphatic heterocycles. The third-order valence-electron chi connectivity index (χ3n) is 3.21. The fourth-order valence-electron chi connectivity index (χ4n) is 2.16. The molecule has 22 heavy (non-hydrogen) atoms. The van der Waals surface area contributed by atoms with Gasteiger partial charge in [-0.05, 0) is 37.1 Å². The summed E-state index contributed by atoms with van der Waals surface area (Å²) in [6.07, 6.45) is 4.68. The number of rotatable bonds is 7. The van der Waals surface area contributed by atoms with Gasteiger partial charge in [-0.1, -0.05) is 0 Å². The summed E-state index contributed by atoms with van der Waals surface area (Å²) in [6.45, 7) is 2.29. The number of carbonyl (C=O) groups excluding carboxylic acids is 1. The molecule has 0 atom stereocenters. The second-order valence-corrected chi connectivity index (χ2v) is 4.98. The fraction of sp³-hybridized carbons (Fsp3) is 0.375. The maximum absolute atomic E-state index is 12.0. The molecule has 0 bridgehead atoms. The summed E-state index contributed by atoms with van der Waals surface area (Å²) < 4.78 is 7.13. The van der Waals surface area contributed by atoms with Gasteiger partial charge >= 0.3 is 0 Å². The van der Waals surface area contributed by atoms with E-state index in [-0.39, 0.29) is 12.5 Å². The highest BCUT2D eigenvalue weighted by molar-refractivity contribution is 5.91. The average molecular weight is 303 g/mol. The van der Waals surface area contributed by atoms with Crippen molar-refractivity contribution in [2.75, 3.05) is 11.9 Å². The molecule has 0 saturated carbocycles. The van der Waals surface area contributed by atoms with Gasteiger partial charge in [0, 0.05) is 30.9 Å². The Morgan fingerprint density at radius 2 is 2.27 bits per heavy atom. The molecule has 1 aromatic carbocycles. The third kappa shape index (κ3) is 4.33. The summed E-state index contributed by atoms with van der Waals surface area (Å²) >= 11 is 0. The predicted octanol–water partition coefficient (Wildman–Crippen LogP) is 1.88. The van der Waals surface area contributed by atoms with Crippen LogP contribution in [0, 0.1) is 0 Å². The first-order chi connectivity index (χ1) is 10.6. The number of nitrogens with one attached hydrogen (secondary N) is 1. The highest BCUT2D eigenvalue weighted by atomic mass is 16.5. The molecule has 0 unspecified atom stereocenters. The summed E-state index contributed by atoms with van der Waals surface area (Å²) in [5.74, 6) is 0.565. The van der Waals surface area contributed by atoms with Crippen molar-refractivity contribution in [3.05, 3.63) is 41.7 Å². The number of aromatic nitrogens is 2. The number of hydrogen-bond donors (Lipinski definition) is 2. The SMILES string of the molecule is CCOc1ccc(NC(=O)CCc2cnn(C)c2)cc1CO. The highest BCUT2D eigenvalue weighted by Crippen LogP contribution is 2.23. The summed E-state index contributed by atoms with van der Waals surface area (Å²) in [5.41, 5.74) is 2.34. The van der Waals surface area contributed by atoms with Crippen molar-refractivity contribution in [2.45, 2.75) is 26.4 Å². The van der Waals surface area contributed by atoms with Gasteiger partial charge in [-0.3, -0.25) is 9.48 Å². The minimum absolute atomic E-state index is 0.0723. The molecule has 0 radical (unpaired) electrons. The zero-order valence-corrected chi connectivity index (χ0v) is 12.9. The Hall–Kier alpha value is -2.34. The van der Waals surface area contributed by atoms with Crippen molar-refractivity contribution in [3.63, 3.8) is 0 Å². The molecule has 0 aliphatic carbocycles. The van der Waals surface area contributed by atoms with Crippen LogP contribution in [0.5, 0.6) is 5.75 Å². The Morgan fingerprint density at radius 3 is 2.91 bits per heavy atom. The van der Waals surface area contributed by atoms with Crippen LogP contribution in [0.3, 0.4) is 0 Å². The van der Waals surface area contributed by atoms with Gasteiger partial charge in [-0.25, -0.2) is 0 Å². The van der Waals surface area contributed by atoms with Crippen LogP contribution in [0.25, 0.3) is 0 Å². The topological polar surface area (TPSA) is 76.4 Å². The quantitative estimate of drug-likeness (QED) is 0.819. The number of benzene rings is 1. The van der Waals surface area contributed by atoms with E-state index in [0.717, 1.165) is 5.56 Å². The maximum Gasteiger partial charge on any atom is 0.224 e. The van der Waals surface area contributed by atoms with Crippen LogP contribution in [0.15, 0.2) is 30.6 Å². The Balaban J connectivity index is 1.93. The number of nitrogens with zero attached hydrogens (tertiary/aromatic N) is 2. The summed E-state index contributed by atoms with van der Waals surface area (Å²) in [7, 11) is 1.85. The molecule has 0 spiro atoms. The number of aryl methyl sites for hydroxylation is 2. The van der Waals surface area contributed by atoms with Crippen molar-refractivity contribution >= 4 is 11.6 Å². The van der Waals surface area contributed by atoms with Crippen molar-refractivity contribution in [1.82, 2.24) is 9.78 Å². The van der Waals surface area contributed by atoms with E-state index in [1.54, 1.807) is 29.1 Å². The number of anilines is 1. The van der Waals surface area contributed by atoms with E-state index in [1.165, 1.54) is 0 Å². The largest absolute Gasteiger partial charge is 0.494 e. The molecule has 2 N–H and O–H groups in total. The Morgan fingerprint density at radius 1 is 1.45 bits per heavy atom. The van der Waals surface area contributed by atoms with E-state index < -0.39 is 0 Å². The van der Waals surface area contributed by atoms with Crippen LogP contribution in [0.1, 0.15) is 24.5 Å². The van der Waals surface area contributed by atoms with E-state index in [2.05, 4.69) is 10.4 Å². The first kappa shape index (κ1) is 16.0. The molecular weight excluding hydrogens is 282 g/mol. The first-order valence-electron chi connectivity index (χ1n) is 7.26. The molecule has 118 valence electrons. The molecular formula is C16H21N3O3. The van der Waals surface area contributed by atoms with Crippen LogP contribution in [0.2, 0.25) is 0 Å². The lowest BCUT2D eigenvalue weighted by molar-refractivity contribution is -0.116. The van der Waals surface area contributed by atoms with Crippen molar-refractivity contribution in [1.29, 1.82) is 0 Å². The van der Waals surface area contributed by atoms with Gasteiger partial charge < -0.3 is 15.2 Å². The van der Waals surface area contributed by atoms with E-state index in [1.807, 2.05) is 20.2 Å². The van der Waals surface area contributed by atoms with E-state index >= 15 is 0 Å². The van der Waals surface area contributed by atoms with Crippen LogP contribution < -0.4 is 10.1 Å². The summed E-state index contributed by atoms with van der Waals surface area (Å²) in [4.78, 5) is 12.0. The highest BCUT2D eigenvalue weighted by Gasteiger charge is 2.08. The third-order valence-corrected chi connectivity index (χ3v) is 3.21. The predicted molar refractivity (Wildman–Crippen MR) is 83.7 cm³/mol. The Bertz CT molecular complexity index is 637. The van der Waals surface area contributed by atoms with E-state index in [4.69, 9.17) is 4.74 Å². The molecule has 1 amide bonds. The minimum atomic E-state index is -0.130. The average Bonchev–Trinajstić information content (AvgIpc) is 2.92. The molecule has 1 aromatic heterocycles. The number of aliphatic hydroxyl groups is 1. The van der Waals surface area contributed by atoms with Crippen LogP contribution in [-0.4, -0.2) is 27.4 Å². The number of amides is 1. The maximum atomic E-state index is 12.0. The Kier molecular flexibility index (Phi) is 5.55. The monoisotopic (exact) mass is 303 g/mol. The van der Waals surface area contributed by atoms with E-state index in [0.29, 0.717) is 36.4 Å². The molecule has 1 heterocycles. The van der Waals surface area contributed by atoms with Gasteiger partial charge in [0.25, 0.3) is 0 Å². The van der Waals surface area contributed by atoms with Gasteiger partial charge in [0.15, 0.2) is 0 Å².